The molecule has 1 N–H and O–H groups in total. The van der Waals surface area contributed by atoms with Crippen LogP contribution in [0, 0.1) is 0 Å². The van der Waals surface area contributed by atoms with E-state index in [9.17, 15) is 4.79 Å². The van der Waals surface area contributed by atoms with Crippen molar-refractivity contribution in [2.75, 3.05) is 18.1 Å². The largest absolute Gasteiger partial charge is 0.457 e. The maximum absolute atomic E-state index is 12.5. The van der Waals surface area contributed by atoms with Crippen molar-refractivity contribution in [2.45, 2.75) is 16.1 Å². The number of carbonyl (C=O) groups is 1. The van der Waals surface area contributed by atoms with Crippen LogP contribution in [0.3, 0.4) is 0 Å². The standard InChI is InChI=1S/C18H18Cl4N2O2S/c1-3-27-16(18(20,21)22)24(2)17(25)23-13-6-10-15(11-7-13)26-14-8-4-12(19)5-9-14/h4-11,16H,3H2,1-2H3,(H,23,25). The summed E-state index contributed by atoms with van der Waals surface area (Å²) in [6, 6.07) is 13.6. The summed E-state index contributed by atoms with van der Waals surface area (Å²) < 4.78 is 4.12. The molecule has 0 aromatic heterocycles. The number of nitrogens with zero attached hydrogens (tertiary/aromatic N) is 1. The molecular formula is C18H18Cl4N2O2S. The molecule has 1 unspecified atom stereocenters. The lowest BCUT2D eigenvalue weighted by Gasteiger charge is -2.32. The van der Waals surface area contributed by atoms with Gasteiger partial charge in [0.15, 0.2) is 0 Å². The van der Waals surface area contributed by atoms with Crippen LogP contribution in [0.5, 0.6) is 11.5 Å². The van der Waals surface area contributed by atoms with Crippen LogP contribution in [0.15, 0.2) is 48.5 Å². The van der Waals surface area contributed by atoms with E-state index in [0.717, 1.165) is 0 Å². The summed E-state index contributed by atoms with van der Waals surface area (Å²) in [4.78, 5) is 13.8. The predicted octanol–water partition coefficient (Wildman–Crippen LogP) is 7.05. The lowest BCUT2D eigenvalue weighted by molar-refractivity contribution is 0.219. The Bertz CT molecular complexity index is 751. The number of urea groups is 1. The highest BCUT2D eigenvalue weighted by atomic mass is 35.6. The van der Waals surface area contributed by atoms with Crippen LogP contribution in [0.25, 0.3) is 0 Å². The molecular weight excluding hydrogens is 450 g/mol. The van der Waals surface area contributed by atoms with Crippen LogP contribution >= 0.6 is 58.2 Å². The molecule has 9 heteroatoms. The molecule has 27 heavy (non-hydrogen) atoms. The fourth-order valence-electron chi connectivity index (χ4n) is 2.15. The fraction of sp³-hybridized carbons (Fsp3) is 0.278. The lowest BCUT2D eigenvalue weighted by atomic mass is 10.3. The van der Waals surface area contributed by atoms with E-state index in [1.807, 2.05) is 6.92 Å². The smallest absolute Gasteiger partial charge is 0.322 e. The second-order valence-electron chi connectivity index (χ2n) is 5.47. The van der Waals surface area contributed by atoms with Crippen LogP contribution in [-0.2, 0) is 0 Å². The molecule has 0 saturated heterocycles. The number of rotatable bonds is 6. The minimum atomic E-state index is -1.59. The Balaban J connectivity index is 2.00. The van der Waals surface area contributed by atoms with Gasteiger partial charge in [-0.2, -0.15) is 0 Å². The van der Waals surface area contributed by atoms with Gasteiger partial charge in [-0.25, -0.2) is 4.79 Å². The summed E-state index contributed by atoms with van der Waals surface area (Å²) >= 11 is 25.2. The van der Waals surface area contributed by atoms with E-state index in [1.165, 1.54) is 16.7 Å². The normalized spacial score (nSPS) is 12.4. The fourth-order valence-corrected chi connectivity index (χ4v) is 4.10. The van der Waals surface area contributed by atoms with Crippen LogP contribution < -0.4 is 10.1 Å². The van der Waals surface area contributed by atoms with Gasteiger partial charge in [0.25, 0.3) is 0 Å². The molecule has 0 fully saturated rings. The molecule has 0 aliphatic carbocycles. The molecule has 0 heterocycles. The number of anilines is 1. The van der Waals surface area contributed by atoms with Crippen molar-refractivity contribution >= 4 is 69.9 Å². The van der Waals surface area contributed by atoms with E-state index < -0.39 is 9.17 Å². The molecule has 0 aliphatic heterocycles. The van der Waals surface area contributed by atoms with Gasteiger partial charge < -0.3 is 15.0 Å². The summed E-state index contributed by atoms with van der Waals surface area (Å²) in [5, 5.41) is 2.80. The molecule has 0 aliphatic rings. The monoisotopic (exact) mass is 466 g/mol. The van der Waals surface area contributed by atoms with Gasteiger partial charge in [-0.05, 0) is 54.3 Å². The summed E-state index contributed by atoms with van der Waals surface area (Å²) in [6.45, 7) is 1.93. The second kappa shape index (κ2) is 9.99. The number of benzene rings is 2. The third-order valence-electron chi connectivity index (χ3n) is 3.43. The Morgan fingerprint density at radius 3 is 2.11 bits per heavy atom. The Hall–Kier alpha value is -0.980. The van der Waals surface area contributed by atoms with E-state index in [1.54, 1.807) is 55.6 Å². The van der Waals surface area contributed by atoms with Crippen molar-refractivity contribution in [3.8, 4) is 11.5 Å². The first-order valence-electron chi connectivity index (χ1n) is 7.96. The van der Waals surface area contributed by atoms with E-state index >= 15 is 0 Å². The number of amides is 2. The van der Waals surface area contributed by atoms with Gasteiger partial charge in [0.05, 0.1) is 0 Å². The molecule has 146 valence electrons. The highest BCUT2D eigenvalue weighted by molar-refractivity contribution is 8.00. The molecule has 2 aromatic carbocycles. The minimum Gasteiger partial charge on any atom is -0.457 e. The molecule has 0 bridgehead atoms. The van der Waals surface area contributed by atoms with Crippen molar-refractivity contribution in [3.63, 3.8) is 0 Å². The van der Waals surface area contributed by atoms with Crippen LogP contribution in [0.1, 0.15) is 6.92 Å². The number of ether oxygens (including phenoxy) is 1. The van der Waals surface area contributed by atoms with E-state index in [-0.39, 0.29) is 6.03 Å². The maximum atomic E-state index is 12.5. The first-order valence-corrected chi connectivity index (χ1v) is 10.5. The molecule has 2 rings (SSSR count). The van der Waals surface area contributed by atoms with Gasteiger partial charge in [0.2, 0.25) is 3.79 Å². The van der Waals surface area contributed by atoms with Crippen LogP contribution in [0.4, 0.5) is 10.5 Å². The SMILES string of the molecule is CCSC(N(C)C(=O)Nc1ccc(Oc2ccc(Cl)cc2)cc1)C(Cl)(Cl)Cl. The van der Waals surface area contributed by atoms with Crippen molar-refractivity contribution in [1.82, 2.24) is 4.90 Å². The van der Waals surface area contributed by atoms with E-state index in [4.69, 9.17) is 51.1 Å². The second-order valence-corrected chi connectivity index (χ2v) is 9.63. The summed E-state index contributed by atoms with van der Waals surface area (Å²) in [7, 11) is 1.59. The van der Waals surface area contributed by atoms with E-state index in [0.29, 0.717) is 28.0 Å². The van der Waals surface area contributed by atoms with Gasteiger partial charge in [0.1, 0.15) is 16.9 Å². The molecule has 0 spiro atoms. The Morgan fingerprint density at radius 2 is 1.63 bits per heavy atom. The predicted molar refractivity (Wildman–Crippen MR) is 117 cm³/mol. The molecule has 2 aromatic rings. The van der Waals surface area contributed by atoms with Crippen molar-refractivity contribution in [3.05, 3.63) is 53.6 Å². The number of nitrogens with one attached hydrogen (secondary N) is 1. The summed E-state index contributed by atoms with van der Waals surface area (Å²) in [5.41, 5.74) is 0.597. The number of hydrogen-bond acceptors (Lipinski definition) is 3. The Morgan fingerprint density at radius 1 is 1.11 bits per heavy atom. The molecule has 1 atom stereocenters. The molecule has 4 nitrogen and oxygen atoms in total. The lowest BCUT2D eigenvalue weighted by Crippen LogP contribution is -2.45. The first kappa shape index (κ1) is 22.3. The van der Waals surface area contributed by atoms with Crippen molar-refractivity contribution < 1.29 is 9.53 Å². The van der Waals surface area contributed by atoms with Crippen LogP contribution in [0.2, 0.25) is 5.02 Å². The number of thioether (sulfide) groups is 1. The van der Waals surface area contributed by atoms with Gasteiger partial charge >= 0.3 is 6.03 Å². The molecule has 0 saturated carbocycles. The highest BCUT2D eigenvalue weighted by Gasteiger charge is 2.38. The van der Waals surface area contributed by atoms with E-state index in [2.05, 4.69) is 5.32 Å². The van der Waals surface area contributed by atoms with Gasteiger partial charge in [-0.1, -0.05) is 53.3 Å². The van der Waals surface area contributed by atoms with Gasteiger partial charge in [0, 0.05) is 17.8 Å². The third kappa shape index (κ3) is 6.84. The van der Waals surface area contributed by atoms with Gasteiger partial charge in [-0.15, -0.1) is 11.8 Å². The zero-order valence-corrected chi connectivity index (χ0v) is 18.4. The molecule has 2 amide bonds. The first-order chi connectivity index (χ1) is 12.7. The average molecular weight is 468 g/mol. The van der Waals surface area contributed by atoms with Crippen LogP contribution in [-0.4, -0.2) is 32.9 Å². The zero-order valence-electron chi connectivity index (χ0n) is 14.6. The average Bonchev–Trinajstić information content (AvgIpc) is 2.61. The zero-order chi connectivity index (χ0) is 20.0. The highest BCUT2D eigenvalue weighted by Crippen LogP contribution is 2.39. The summed E-state index contributed by atoms with van der Waals surface area (Å²) in [6.07, 6.45) is 0. The number of alkyl halides is 3. The third-order valence-corrected chi connectivity index (χ3v) is 6.01. The minimum absolute atomic E-state index is 0.376. The number of carbonyl (C=O) groups excluding carboxylic acids is 1. The quantitative estimate of drug-likeness (QED) is 0.365. The number of hydrogen-bond donors (Lipinski definition) is 1. The Labute approximate surface area is 183 Å². The van der Waals surface area contributed by atoms with Crippen molar-refractivity contribution in [1.29, 1.82) is 0 Å². The molecule has 0 radical (unpaired) electrons. The Kier molecular flexibility index (Phi) is 8.25. The topological polar surface area (TPSA) is 41.6 Å². The maximum Gasteiger partial charge on any atom is 0.322 e. The van der Waals surface area contributed by atoms with Gasteiger partial charge in [-0.3, -0.25) is 0 Å². The number of halogens is 4. The van der Waals surface area contributed by atoms with Crippen molar-refractivity contribution in [2.24, 2.45) is 0 Å². The summed E-state index contributed by atoms with van der Waals surface area (Å²) in [5.74, 6) is 2.00.